The first-order valence-corrected chi connectivity index (χ1v) is 12.9. The molecule has 0 bridgehead atoms. The lowest BCUT2D eigenvalue weighted by Gasteiger charge is -2.21. The monoisotopic (exact) mass is 476 g/mol. The Morgan fingerprint density at radius 3 is 1.76 bits per heavy atom. The van der Waals surface area contributed by atoms with Crippen LogP contribution in [0.15, 0.2) is 115 Å². The van der Waals surface area contributed by atoms with Crippen molar-refractivity contribution in [2.75, 3.05) is 0 Å². The van der Waals surface area contributed by atoms with Crippen LogP contribution in [0.3, 0.4) is 0 Å². The third-order valence-electron chi connectivity index (χ3n) is 7.97. The Labute approximate surface area is 217 Å². The highest BCUT2D eigenvalue weighted by Gasteiger charge is 2.35. The predicted molar refractivity (Wildman–Crippen MR) is 154 cm³/mol. The number of nitrogens with zero attached hydrogens (tertiary/aromatic N) is 2. The minimum Gasteiger partial charge on any atom is -0.297 e. The quantitative estimate of drug-likeness (QED) is 0.249. The molecular weight excluding hydrogens is 448 g/mol. The third kappa shape index (κ3) is 3.37. The van der Waals surface area contributed by atoms with Gasteiger partial charge in [-0.25, -0.2) is 4.98 Å². The van der Waals surface area contributed by atoms with Gasteiger partial charge in [0.2, 0.25) is 0 Å². The summed E-state index contributed by atoms with van der Waals surface area (Å²) in [6, 6.07) is 41.8. The average Bonchev–Trinajstić information content (AvgIpc) is 3.39. The van der Waals surface area contributed by atoms with E-state index in [1.54, 1.807) is 0 Å². The van der Waals surface area contributed by atoms with Gasteiger partial charge < -0.3 is 0 Å². The standard InChI is InChI=1S/C35H28N2/c1-23-36-33-11-7-8-12-34(33)37(23)28-17-13-25(14-18-28)27-16-20-32-30(22-27)29-21-26(24-9-5-4-6-10-24)15-19-31(29)35(32,2)3/h4-22H,1-3H3. The van der Waals surface area contributed by atoms with E-state index >= 15 is 0 Å². The molecule has 37 heavy (non-hydrogen) atoms. The fourth-order valence-electron chi connectivity index (χ4n) is 6.03. The molecule has 178 valence electrons. The number of aryl methyl sites for hydroxylation is 1. The Kier molecular flexibility index (Phi) is 4.74. The first-order chi connectivity index (χ1) is 18.0. The predicted octanol–water partition coefficient (Wildman–Crippen LogP) is 8.97. The lowest BCUT2D eigenvalue weighted by molar-refractivity contribution is 0.660. The van der Waals surface area contributed by atoms with Crippen molar-refractivity contribution in [3.8, 4) is 39.1 Å². The Morgan fingerprint density at radius 1 is 0.568 bits per heavy atom. The molecule has 1 aromatic heterocycles. The summed E-state index contributed by atoms with van der Waals surface area (Å²) in [4.78, 5) is 4.74. The van der Waals surface area contributed by atoms with Crippen LogP contribution in [-0.2, 0) is 5.41 Å². The van der Waals surface area contributed by atoms with Crippen molar-refractivity contribution in [2.45, 2.75) is 26.2 Å². The summed E-state index contributed by atoms with van der Waals surface area (Å²) in [7, 11) is 0. The van der Waals surface area contributed by atoms with Crippen LogP contribution < -0.4 is 0 Å². The van der Waals surface area contributed by atoms with Crippen LogP contribution >= 0.6 is 0 Å². The number of rotatable bonds is 3. The van der Waals surface area contributed by atoms with E-state index in [0.29, 0.717) is 0 Å². The highest BCUT2D eigenvalue weighted by molar-refractivity contribution is 5.87. The SMILES string of the molecule is Cc1nc2ccccc2n1-c1ccc(-c2ccc3c(c2)-c2cc(-c4ccccc4)ccc2C3(C)C)cc1. The second kappa shape index (κ2) is 8.04. The van der Waals surface area contributed by atoms with Gasteiger partial charge in [0, 0.05) is 11.1 Å². The number of aromatic nitrogens is 2. The van der Waals surface area contributed by atoms with Crippen molar-refractivity contribution >= 4 is 11.0 Å². The van der Waals surface area contributed by atoms with Crippen molar-refractivity contribution in [3.63, 3.8) is 0 Å². The van der Waals surface area contributed by atoms with Crippen LogP contribution in [0.1, 0.15) is 30.8 Å². The molecule has 1 aliphatic rings. The fraction of sp³-hybridized carbons (Fsp3) is 0.114. The highest BCUT2D eigenvalue weighted by atomic mass is 15.1. The Bertz CT molecular complexity index is 1790. The molecule has 2 heteroatoms. The number of hydrogen-bond donors (Lipinski definition) is 0. The number of benzene rings is 5. The van der Waals surface area contributed by atoms with Gasteiger partial charge in [-0.3, -0.25) is 4.57 Å². The summed E-state index contributed by atoms with van der Waals surface area (Å²) in [5, 5.41) is 0. The second-order valence-corrected chi connectivity index (χ2v) is 10.5. The molecule has 7 rings (SSSR count). The summed E-state index contributed by atoms with van der Waals surface area (Å²) in [5.74, 6) is 1.000. The topological polar surface area (TPSA) is 17.8 Å². The van der Waals surface area contributed by atoms with E-state index in [4.69, 9.17) is 4.98 Å². The van der Waals surface area contributed by atoms with E-state index in [9.17, 15) is 0 Å². The molecule has 2 nitrogen and oxygen atoms in total. The van der Waals surface area contributed by atoms with Crippen molar-refractivity contribution in [1.82, 2.24) is 9.55 Å². The van der Waals surface area contributed by atoms with E-state index in [2.05, 4.69) is 135 Å². The van der Waals surface area contributed by atoms with Gasteiger partial charge in [-0.15, -0.1) is 0 Å². The van der Waals surface area contributed by atoms with Crippen LogP contribution in [-0.4, -0.2) is 9.55 Å². The molecule has 0 unspecified atom stereocenters. The first kappa shape index (κ1) is 21.8. The molecule has 0 aliphatic heterocycles. The smallest absolute Gasteiger partial charge is 0.111 e. The molecule has 0 fully saturated rings. The van der Waals surface area contributed by atoms with Crippen LogP contribution in [0.25, 0.3) is 50.1 Å². The molecule has 0 spiro atoms. The molecular formula is C35H28N2. The molecule has 6 aromatic rings. The normalized spacial score (nSPS) is 13.5. The molecule has 0 saturated heterocycles. The maximum Gasteiger partial charge on any atom is 0.111 e. The molecule has 0 amide bonds. The van der Waals surface area contributed by atoms with Crippen LogP contribution in [0.4, 0.5) is 0 Å². The molecule has 1 aliphatic carbocycles. The lowest BCUT2D eigenvalue weighted by atomic mass is 9.82. The molecule has 5 aromatic carbocycles. The number of hydrogen-bond acceptors (Lipinski definition) is 1. The van der Waals surface area contributed by atoms with Crippen LogP contribution in [0.2, 0.25) is 0 Å². The minimum atomic E-state index is -0.0116. The van der Waals surface area contributed by atoms with E-state index in [0.717, 1.165) is 22.5 Å². The average molecular weight is 477 g/mol. The zero-order valence-electron chi connectivity index (χ0n) is 21.4. The Morgan fingerprint density at radius 2 is 1.11 bits per heavy atom. The Balaban J connectivity index is 1.30. The zero-order chi connectivity index (χ0) is 25.1. The van der Waals surface area contributed by atoms with Gasteiger partial charge in [0.15, 0.2) is 0 Å². The number of fused-ring (bicyclic) bond motifs is 4. The molecule has 0 saturated carbocycles. The minimum absolute atomic E-state index is 0.0116. The van der Waals surface area contributed by atoms with Crippen molar-refractivity contribution in [1.29, 1.82) is 0 Å². The van der Waals surface area contributed by atoms with Crippen molar-refractivity contribution in [3.05, 3.63) is 132 Å². The van der Waals surface area contributed by atoms with Gasteiger partial charge >= 0.3 is 0 Å². The van der Waals surface area contributed by atoms with Crippen LogP contribution in [0.5, 0.6) is 0 Å². The maximum atomic E-state index is 4.74. The molecule has 0 atom stereocenters. The summed E-state index contributed by atoms with van der Waals surface area (Å²) in [5.41, 5.74) is 13.8. The molecule has 0 N–H and O–H groups in total. The van der Waals surface area contributed by atoms with Gasteiger partial charge in [-0.1, -0.05) is 92.7 Å². The maximum absolute atomic E-state index is 4.74. The lowest BCUT2D eigenvalue weighted by Crippen LogP contribution is -2.14. The van der Waals surface area contributed by atoms with E-state index < -0.39 is 0 Å². The van der Waals surface area contributed by atoms with Gasteiger partial charge in [0.25, 0.3) is 0 Å². The molecule has 0 radical (unpaired) electrons. The summed E-state index contributed by atoms with van der Waals surface area (Å²) in [6.45, 7) is 6.75. The van der Waals surface area contributed by atoms with Gasteiger partial charge in [-0.2, -0.15) is 0 Å². The zero-order valence-corrected chi connectivity index (χ0v) is 21.4. The molecule has 1 heterocycles. The van der Waals surface area contributed by atoms with E-state index in [1.807, 2.05) is 6.07 Å². The van der Waals surface area contributed by atoms with Crippen molar-refractivity contribution < 1.29 is 0 Å². The summed E-state index contributed by atoms with van der Waals surface area (Å²) >= 11 is 0. The van der Waals surface area contributed by atoms with Gasteiger partial charge in [0.05, 0.1) is 11.0 Å². The number of imidazole rings is 1. The third-order valence-corrected chi connectivity index (χ3v) is 7.97. The van der Waals surface area contributed by atoms with E-state index in [-0.39, 0.29) is 5.41 Å². The Hall–Kier alpha value is -4.43. The summed E-state index contributed by atoms with van der Waals surface area (Å²) in [6.07, 6.45) is 0. The number of para-hydroxylation sites is 2. The largest absolute Gasteiger partial charge is 0.297 e. The summed E-state index contributed by atoms with van der Waals surface area (Å²) < 4.78 is 2.23. The van der Waals surface area contributed by atoms with Crippen LogP contribution in [0, 0.1) is 6.92 Å². The highest BCUT2D eigenvalue weighted by Crippen LogP contribution is 2.50. The second-order valence-electron chi connectivity index (χ2n) is 10.5. The van der Waals surface area contributed by atoms with Gasteiger partial charge in [-0.05, 0) is 87.8 Å². The van der Waals surface area contributed by atoms with Gasteiger partial charge in [0.1, 0.15) is 5.82 Å². The van der Waals surface area contributed by atoms with Crippen molar-refractivity contribution in [2.24, 2.45) is 0 Å². The first-order valence-electron chi connectivity index (χ1n) is 12.9. The van der Waals surface area contributed by atoms with E-state index in [1.165, 1.54) is 44.5 Å². The fourth-order valence-corrected chi connectivity index (χ4v) is 6.03.